The van der Waals surface area contributed by atoms with Crippen molar-refractivity contribution in [3.05, 3.63) is 212 Å². The molecule has 0 saturated carbocycles. The van der Waals surface area contributed by atoms with E-state index in [1.807, 2.05) is 36.4 Å². The SMILES string of the molecule is c1ccc(-c2cc(-c3cccc(-c4c5c(cc6c(-c7ccccc7)nc7ccccc7c46)oc4ccccc45)c3)nc(-c3cccc(-c4cccc5c4oc4ccccc45)c3)n2)cc1. The second kappa shape index (κ2) is 14.5. The first-order valence-corrected chi connectivity index (χ1v) is 21.5. The van der Waals surface area contributed by atoms with E-state index in [1.54, 1.807) is 0 Å². The number of nitrogens with zero attached hydrogens (tertiary/aromatic N) is 3. The van der Waals surface area contributed by atoms with Crippen molar-refractivity contribution in [3.8, 4) is 67.4 Å². The molecule has 5 nitrogen and oxygen atoms in total. The largest absolute Gasteiger partial charge is 0.456 e. The standard InChI is InChI=1S/C59H35N3O2/c1-3-16-36(17-4-1)49-35-50(62-59(61-49)41-23-13-20-38(32-41)42-27-15-28-44-43-24-8-11-30-51(43)64-58(42)44)39-21-14-22-40(33-39)54-55-45-25-7-10-29-48(45)60-57(37-18-5-2-6-19-37)47(55)34-53-56(54)46-26-9-12-31-52(46)63-53/h1-35H. The Morgan fingerprint density at radius 2 is 0.891 bits per heavy atom. The molecule has 0 saturated heterocycles. The first-order valence-electron chi connectivity index (χ1n) is 21.5. The number of hydrogen-bond donors (Lipinski definition) is 0. The van der Waals surface area contributed by atoms with Gasteiger partial charge in [0.25, 0.3) is 0 Å². The van der Waals surface area contributed by atoms with E-state index in [1.165, 1.54) is 0 Å². The fourth-order valence-corrected chi connectivity index (χ4v) is 9.54. The molecule has 0 bridgehead atoms. The smallest absolute Gasteiger partial charge is 0.160 e. The molecule has 9 aromatic carbocycles. The lowest BCUT2D eigenvalue weighted by atomic mass is 9.89. The van der Waals surface area contributed by atoms with Crippen molar-refractivity contribution >= 4 is 65.6 Å². The Morgan fingerprint density at radius 3 is 1.70 bits per heavy atom. The monoisotopic (exact) mass is 817 g/mol. The minimum Gasteiger partial charge on any atom is -0.456 e. The average Bonchev–Trinajstić information content (AvgIpc) is 3.94. The summed E-state index contributed by atoms with van der Waals surface area (Å²) in [6.07, 6.45) is 0. The fraction of sp³-hybridized carbons (Fsp3) is 0. The molecular weight excluding hydrogens is 783 g/mol. The molecule has 0 aliphatic heterocycles. The van der Waals surface area contributed by atoms with Gasteiger partial charge in [-0.1, -0.05) is 170 Å². The predicted octanol–water partition coefficient (Wildman–Crippen LogP) is 16.0. The summed E-state index contributed by atoms with van der Waals surface area (Å²) in [4.78, 5) is 15.9. The molecule has 0 amide bonds. The Labute approximate surface area is 367 Å². The van der Waals surface area contributed by atoms with Crippen molar-refractivity contribution in [1.29, 1.82) is 0 Å². The number of fused-ring (bicyclic) bond motifs is 9. The fourth-order valence-electron chi connectivity index (χ4n) is 9.54. The molecular formula is C59H35N3O2. The number of para-hydroxylation sites is 4. The molecule has 0 aliphatic carbocycles. The molecule has 5 heteroatoms. The zero-order valence-corrected chi connectivity index (χ0v) is 34.4. The van der Waals surface area contributed by atoms with Crippen molar-refractivity contribution < 1.29 is 8.83 Å². The third-order valence-corrected chi connectivity index (χ3v) is 12.5. The number of pyridine rings is 1. The minimum absolute atomic E-state index is 0.637. The Balaban J connectivity index is 1.04. The first-order chi connectivity index (χ1) is 31.7. The number of hydrogen-bond acceptors (Lipinski definition) is 5. The number of furan rings is 2. The molecule has 13 rings (SSSR count). The van der Waals surface area contributed by atoms with E-state index in [4.69, 9.17) is 23.8 Å². The molecule has 13 aromatic rings. The van der Waals surface area contributed by atoms with Crippen LogP contribution in [-0.2, 0) is 0 Å². The van der Waals surface area contributed by atoms with Gasteiger partial charge in [-0.25, -0.2) is 15.0 Å². The summed E-state index contributed by atoms with van der Waals surface area (Å²) in [5.74, 6) is 0.637. The highest BCUT2D eigenvalue weighted by molar-refractivity contribution is 6.28. The first kappa shape index (κ1) is 36.0. The number of aromatic nitrogens is 3. The van der Waals surface area contributed by atoms with Crippen molar-refractivity contribution in [2.75, 3.05) is 0 Å². The van der Waals surface area contributed by atoms with Crippen LogP contribution in [0.15, 0.2) is 221 Å². The minimum atomic E-state index is 0.637. The lowest BCUT2D eigenvalue weighted by molar-refractivity contribution is 0.669. The van der Waals surface area contributed by atoms with Gasteiger partial charge in [-0.3, -0.25) is 0 Å². The van der Waals surface area contributed by atoms with Gasteiger partial charge in [0.15, 0.2) is 5.82 Å². The van der Waals surface area contributed by atoms with E-state index in [9.17, 15) is 0 Å². The van der Waals surface area contributed by atoms with Gasteiger partial charge in [0.05, 0.1) is 22.6 Å². The van der Waals surface area contributed by atoms with Crippen LogP contribution in [0.5, 0.6) is 0 Å². The molecule has 4 heterocycles. The van der Waals surface area contributed by atoms with Crippen molar-refractivity contribution in [1.82, 2.24) is 15.0 Å². The Kier molecular flexibility index (Phi) is 8.15. The van der Waals surface area contributed by atoms with Gasteiger partial charge < -0.3 is 8.83 Å². The van der Waals surface area contributed by atoms with E-state index in [2.05, 4.69) is 176 Å². The van der Waals surface area contributed by atoms with Gasteiger partial charge in [0, 0.05) is 71.1 Å². The molecule has 298 valence electrons. The van der Waals surface area contributed by atoms with Gasteiger partial charge in [0.2, 0.25) is 0 Å². The lowest BCUT2D eigenvalue weighted by Crippen LogP contribution is -1.97. The van der Waals surface area contributed by atoms with E-state index in [0.717, 1.165) is 127 Å². The second-order valence-corrected chi connectivity index (χ2v) is 16.3. The summed E-state index contributed by atoms with van der Waals surface area (Å²) in [6, 6.07) is 73.6. The molecule has 0 N–H and O–H groups in total. The summed E-state index contributed by atoms with van der Waals surface area (Å²) in [5, 5.41) is 7.58. The summed E-state index contributed by atoms with van der Waals surface area (Å²) in [7, 11) is 0. The zero-order valence-electron chi connectivity index (χ0n) is 34.4. The highest BCUT2D eigenvalue weighted by Gasteiger charge is 2.23. The molecule has 4 aromatic heterocycles. The maximum absolute atomic E-state index is 6.70. The third-order valence-electron chi connectivity index (χ3n) is 12.5. The van der Waals surface area contributed by atoms with Crippen molar-refractivity contribution in [2.45, 2.75) is 0 Å². The zero-order chi connectivity index (χ0) is 42.1. The molecule has 0 spiro atoms. The highest BCUT2D eigenvalue weighted by atomic mass is 16.3. The maximum Gasteiger partial charge on any atom is 0.160 e. The van der Waals surface area contributed by atoms with Crippen LogP contribution in [0.3, 0.4) is 0 Å². The Hall–Kier alpha value is -8.67. The van der Waals surface area contributed by atoms with Crippen LogP contribution >= 0.6 is 0 Å². The molecule has 0 aliphatic rings. The van der Waals surface area contributed by atoms with Crippen LogP contribution in [0.2, 0.25) is 0 Å². The van der Waals surface area contributed by atoms with E-state index in [0.29, 0.717) is 5.82 Å². The summed E-state index contributed by atoms with van der Waals surface area (Å²) in [6.45, 7) is 0. The van der Waals surface area contributed by atoms with E-state index >= 15 is 0 Å². The van der Waals surface area contributed by atoms with Crippen LogP contribution in [0.4, 0.5) is 0 Å². The Bertz CT molecular complexity index is 3960. The third kappa shape index (κ3) is 5.83. The van der Waals surface area contributed by atoms with E-state index < -0.39 is 0 Å². The maximum atomic E-state index is 6.70. The quantitative estimate of drug-likeness (QED) is 0.156. The van der Waals surface area contributed by atoms with Gasteiger partial charge in [-0.15, -0.1) is 0 Å². The van der Waals surface area contributed by atoms with Crippen LogP contribution in [-0.4, -0.2) is 15.0 Å². The highest BCUT2D eigenvalue weighted by Crippen LogP contribution is 2.47. The topological polar surface area (TPSA) is 65.0 Å². The summed E-state index contributed by atoms with van der Waals surface area (Å²) >= 11 is 0. The van der Waals surface area contributed by atoms with Gasteiger partial charge in [-0.2, -0.15) is 0 Å². The van der Waals surface area contributed by atoms with Crippen LogP contribution in [0.1, 0.15) is 0 Å². The molecule has 64 heavy (non-hydrogen) atoms. The van der Waals surface area contributed by atoms with Crippen molar-refractivity contribution in [2.24, 2.45) is 0 Å². The van der Waals surface area contributed by atoms with Crippen LogP contribution in [0.25, 0.3) is 133 Å². The van der Waals surface area contributed by atoms with Crippen LogP contribution in [0, 0.1) is 0 Å². The van der Waals surface area contributed by atoms with Gasteiger partial charge in [-0.05, 0) is 53.6 Å². The molecule has 0 fully saturated rings. The molecule has 0 atom stereocenters. The van der Waals surface area contributed by atoms with E-state index in [-0.39, 0.29) is 0 Å². The lowest BCUT2D eigenvalue weighted by Gasteiger charge is -2.16. The predicted molar refractivity (Wildman–Crippen MR) is 262 cm³/mol. The summed E-state index contributed by atoms with van der Waals surface area (Å²) < 4.78 is 13.2. The Morgan fingerprint density at radius 1 is 0.312 bits per heavy atom. The molecule has 0 radical (unpaired) electrons. The van der Waals surface area contributed by atoms with Crippen molar-refractivity contribution in [3.63, 3.8) is 0 Å². The number of rotatable bonds is 6. The number of benzene rings is 9. The second-order valence-electron chi connectivity index (χ2n) is 16.3. The summed E-state index contributed by atoms with van der Waals surface area (Å²) in [5.41, 5.74) is 15.1. The molecule has 0 unspecified atom stereocenters. The average molecular weight is 818 g/mol. The van der Waals surface area contributed by atoms with Gasteiger partial charge in [0.1, 0.15) is 22.3 Å². The normalized spacial score (nSPS) is 11.8. The van der Waals surface area contributed by atoms with Crippen LogP contribution < -0.4 is 0 Å². The van der Waals surface area contributed by atoms with Gasteiger partial charge >= 0.3 is 0 Å².